The highest BCUT2D eigenvalue weighted by Gasteiger charge is 2.42. The van der Waals surface area contributed by atoms with Crippen molar-refractivity contribution >= 4 is 0 Å². The number of para-hydroxylation sites is 1. The van der Waals surface area contributed by atoms with Gasteiger partial charge in [-0.3, -0.25) is 0 Å². The van der Waals surface area contributed by atoms with E-state index in [-0.39, 0.29) is 5.56 Å². The molecule has 0 saturated heterocycles. The van der Waals surface area contributed by atoms with E-state index < -0.39 is 18.6 Å². The molecular weight excluding hydrogens is 267 g/mol. The van der Waals surface area contributed by atoms with Gasteiger partial charge in [0.1, 0.15) is 0 Å². The zero-order valence-electron chi connectivity index (χ0n) is 11.3. The number of halogens is 3. The number of nitrogens with two attached hydrogens (primary N) is 1. The molecule has 0 amide bonds. The fourth-order valence-electron chi connectivity index (χ4n) is 2.39. The van der Waals surface area contributed by atoms with Crippen LogP contribution in [-0.4, -0.2) is 22.5 Å². The molecule has 2 rings (SSSR count). The second-order valence-corrected chi connectivity index (χ2v) is 4.66. The quantitative estimate of drug-likeness (QED) is 0.940. The summed E-state index contributed by atoms with van der Waals surface area (Å²) in [5.41, 5.74) is 7.06. The van der Waals surface area contributed by atoms with Gasteiger partial charge < -0.3 is 5.73 Å². The van der Waals surface area contributed by atoms with Crippen LogP contribution in [0.3, 0.4) is 0 Å². The van der Waals surface area contributed by atoms with Gasteiger partial charge in [0, 0.05) is 17.8 Å². The van der Waals surface area contributed by atoms with Gasteiger partial charge in [-0.1, -0.05) is 18.2 Å². The molecule has 0 bridgehead atoms. The third-order valence-corrected chi connectivity index (χ3v) is 3.33. The normalized spacial score (nSPS) is 13.5. The summed E-state index contributed by atoms with van der Waals surface area (Å²) >= 11 is 0. The number of nitrogens with zero attached hydrogens (tertiary/aromatic N) is 2. The summed E-state index contributed by atoms with van der Waals surface area (Å²) in [6.45, 7) is 2.73. The molecule has 108 valence electrons. The molecule has 0 aliphatic carbocycles. The van der Waals surface area contributed by atoms with Crippen LogP contribution in [0.2, 0.25) is 0 Å². The smallest absolute Gasteiger partial charge is 0.330 e. The molecule has 2 aromatic rings. The Morgan fingerprint density at radius 2 is 1.80 bits per heavy atom. The Morgan fingerprint density at radius 1 is 1.20 bits per heavy atom. The van der Waals surface area contributed by atoms with Crippen molar-refractivity contribution in [3.8, 4) is 5.69 Å². The summed E-state index contributed by atoms with van der Waals surface area (Å²) < 4.78 is 40.7. The zero-order valence-corrected chi connectivity index (χ0v) is 11.3. The van der Waals surface area contributed by atoms with E-state index in [1.165, 1.54) is 4.68 Å². The maximum absolute atomic E-state index is 13.1. The van der Waals surface area contributed by atoms with E-state index in [1.807, 2.05) is 18.2 Å². The number of aromatic nitrogens is 2. The van der Waals surface area contributed by atoms with Crippen LogP contribution >= 0.6 is 0 Å². The molecule has 2 N–H and O–H groups in total. The van der Waals surface area contributed by atoms with Crippen LogP contribution in [0, 0.1) is 13.8 Å². The van der Waals surface area contributed by atoms with Gasteiger partial charge in [-0.2, -0.15) is 18.3 Å². The zero-order chi connectivity index (χ0) is 14.9. The first kappa shape index (κ1) is 14.6. The van der Waals surface area contributed by atoms with Crippen LogP contribution in [0.15, 0.2) is 30.3 Å². The van der Waals surface area contributed by atoms with Crippen molar-refractivity contribution in [1.82, 2.24) is 9.78 Å². The van der Waals surface area contributed by atoms with Crippen LogP contribution < -0.4 is 5.73 Å². The van der Waals surface area contributed by atoms with Crippen molar-refractivity contribution in [2.45, 2.75) is 25.9 Å². The SMILES string of the molecule is Cc1nn(-c2ccccc2)c(C)c1[C@@H](CN)C(F)(F)F. The lowest BCUT2D eigenvalue weighted by Gasteiger charge is -2.19. The fourth-order valence-corrected chi connectivity index (χ4v) is 2.39. The second-order valence-electron chi connectivity index (χ2n) is 4.66. The van der Waals surface area contributed by atoms with E-state index in [2.05, 4.69) is 5.10 Å². The number of benzene rings is 1. The molecule has 1 aromatic heterocycles. The lowest BCUT2D eigenvalue weighted by Crippen LogP contribution is -2.29. The monoisotopic (exact) mass is 283 g/mol. The lowest BCUT2D eigenvalue weighted by molar-refractivity contribution is -0.148. The van der Waals surface area contributed by atoms with Gasteiger partial charge in [-0.05, 0) is 26.0 Å². The highest BCUT2D eigenvalue weighted by molar-refractivity contribution is 5.39. The third-order valence-electron chi connectivity index (χ3n) is 3.33. The summed E-state index contributed by atoms with van der Waals surface area (Å²) in [4.78, 5) is 0. The number of aryl methyl sites for hydroxylation is 1. The fraction of sp³-hybridized carbons (Fsp3) is 0.357. The van der Waals surface area contributed by atoms with Crippen molar-refractivity contribution in [2.24, 2.45) is 5.73 Å². The van der Waals surface area contributed by atoms with Gasteiger partial charge in [0.15, 0.2) is 0 Å². The summed E-state index contributed by atoms with van der Waals surface area (Å²) in [7, 11) is 0. The predicted molar refractivity (Wildman–Crippen MR) is 70.9 cm³/mol. The average molecular weight is 283 g/mol. The van der Waals surface area contributed by atoms with E-state index in [0.29, 0.717) is 11.4 Å². The lowest BCUT2D eigenvalue weighted by atomic mass is 9.96. The summed E-state index contributed by atoms with van der Waals surface area (Å²) in [5.74, 6) is -1.68. The molecule has 1 heterocycles. The molecule has 0 spiro atoms. The molecular formula is C14H16F3N3. The Labute approximate surface area is 115 Å². The van der Waals surface area contributed by atoms with E-state index in [0.717, 1.165) is 5.69 Å². The van der Waals surface area contributed by atoms with Crippen molar-refractivity contribution in [2.75, 3.05) is 6.54 Å². The van der Waals surface area contributed by atoms with Gasteiger partial charge >= 0.3 is 6.18 Å². The Kier molecular flexibility index (Phi) is 3.85. The molecule has 0 radical (unpaired) electrons. The van der Waals surface area contributed by atoms with Gasteiger partial charge in [0.25, 0.3) is 0 Å². The molecule has 1 atom stereocenters. The topological polar surface area (TPSA) is 43.8 Å². The number of hydrogen-bond acceptors (Lipinski definition) is 2. The number of rotatable bonds is 3. The van der Waals surface area contributed by atoms with E-state index in [9.17, 15) is 13.2 Å². The molecule has 0 aliphatic heterocycles. The first-order valence-corrected chi connectivity index (χ1v) is 6.24. The van der Waals surface area contributed by atoms with Gasteiger partial charge in [0.05, 0.1) is 17.3 Å². The van der Waals surface area contributed by atoms with Crippen molar-refractivity contribution in [1.29, 1.82) is 0 Å². The Morgan fingerprint density at radius 3 is 2.30 bits per heavy atom. The van der Waals surface area contributed by atoms with Crippen LogP contribution in [0.1, 0.15) is 22.9 Å². The molecule has 0 aliphatic rings. The summed E-state index contributed by atoms with van der Waals surface area (Å²) in [5, 5.41) is 4.22. The van der Waals surface area contributed by atoms with E-state index >= 15 is 0 Å². The van der Waals surface area contributed by atoms with Crippen molar-refractivity contribution in [3.63, 3.8) is 0 Å². The molecule has 3 nitrogen and oxygen atoms in total. The van der Waals surface area contributed by atoms with Gasteiger partial charge in [-0.15, -0.1) is 0 Å². The number of hydrogen-bond donors (Lipinski definition) is 1. The van der Waals surface area contributed by atoms with Crippen molar-refractivity contribution < 1.29 is 13.2 Å². The molecule has 20 heavy (non-hydrogen) atoms. The molecule has 0 unspecified atom stereocenters. The van der Waals surface area contributed by atoms with E-state index in [4.69, 9.17) is 5.73 Å². The average Bonchev–Trinajstić information content (AvgIpc) is 2.67. The molecule has 1 aromatic carbocycles. The van der Waals surface area contributed by atoms with Crippen molar-refractivity contribution in [3.05, 3.63) is 47.3 Å². The molecule has 0 saturated carbocycles. The molecule has 0 fully saturated rings. The summed E-state index contributed by atoms with van der Waals surface area (Å²) in [6.07, 6.45) is -4.37. The van der Waals surface area contributed by atoms with Crippen LogP contribution in [0.4, 0.5) is 13.2 Å². The second kappa shape index (κ2) is 5.28. The Bertz CT molecular complexity index is 588. The maximum atomic E-state index is 13.1. The summed E-state index contributed by atoms with van der Waals surface area (Å²) in [6, 6.07) is 9.07. The maximum Gasteiger partial charge on any atom is 0.397 e. The van der Waals surface area contributed by atoms with Gasteiger partial charge in [-0.25, -0.2) is 4.68 Å². The van der Waals surface area contributed by atoms with Crippen LogP contribution in [0.25, 0.3) is 5.69 Å². The largest absolute Gasteiger partial charge is 0.397 e. The Balaban J connectivity index is 2.55. The van der Waals surface area contributed by atoms with Crippen LogP contribution in [0.5, 0.6) is 0 Å². The third kappa shape index (κ3) is 2.56. The Hall–Kier alpha value is -1.82. The molecule has 6 heteroatoms. The predicted octanol–water partition coefficient (Wildman–Crippen LogP) is 3.09. The number of alkyl halides is 3. The standard InChI is InChI=1S/C14H16F3N3/c1-9-13(12(8-18)14(15,16)17)10(2)20(19-9)11-6-4-3-5-7-11/h3-7,12H,8,18H2,1-2H3/t12-/m1/s1. The minimum absolute atomic E-state index is 0.170. The first-order chi connectivity index (χ1) is 9.36. The van der Waals surface area contributed by atoms with Crippen LogP contribution in [-0.2, 0) is 0 Å². The van der Waals surface area contributed by atoms with E-state index in [1.54, 1.807) is 26.0 Å². The minimum Gasteiger partial charge on any atom is -0.330 e. The van der Waals surface area contributed by atoms with Gasteiger partial charge in [0.2, 0.25) is 0 Å². The highest BCUT2D eigenvalue weighted by Crippen LogP contribution is 2.37. The highest BCUT2D eigenvalue weighted by atomic mass is 19.4. The minimum atomic E-state index is -4.37. The first-order valence-electron chi connectivity index (χ1n) is 6.24.